The first-order chi connectivity index (χ1) is 9.03. The summed E-state index contributed by atoms with van der Waals surface area (Å²) in [5.74, 6) is 1.12. The van der Waals surface area contributed by atoms with E-state index in [2.05, 4.69) is 10.1 Å². The zero-order chi connectivity index (χ0) is 13.5. The Morgan fingerprint density at radius 1 is 1.26 bits per heavy atom. The van der Waals surface area contributed by atoms with Crippen LogP contribution in [0.3, 0.4) is 0 Å². The lowest BCUT2D eigenvalue weighted by Gasteiger charge is -2.17. The molecular formula is C13H14F3NO2. The second-order valence-corrected chi connectivity index (χ2v) is 4.91. The summed E-state index contributed by atoms with van der Waals surface area (Å²) in [6.45, 7) is 2.27. The van der Waals surface area contributed by atoms with E-state index in [1.165, 1.54) is 12.1 Å². The first-order valence-electron chi connectivity index (χ1n) is 6.26. The first kappa shape index (κ1) is 12.6. The highest BCUT2D eigenvalue weighted by Gasteiger charge is 2.35. The predicted molar refractivity (Wildman–Crippen MR) is 62.3 cm³/mol. The third-order valence-electron chi connectivity index (χ3n) is 3.70. The van der Waals surface area contributed by atoms with Crippen LogP contribution in [0.4, 0.5) is 13.2 Å². The standard InChI is InChI=1S/C13H14F3NO2/c14-13(15,16)19-9-1-2-12-10(5-9)11-7-17-6-8(11)3-4-18-12/h1-2,5,8,11,17H,3-4,6-7H2/t8-,11-/m1/s1. The number of ether oxygens (including phenoxy) is 2. The predicted octanol–water partition coefficient (Wildman–Crippen LogP) is 2.67. The number of benzene rings is 1. The summed E-state index contributed by atoms with van der Waals surface area (Å²) < 4.78 is 46.4. The third-order valence-corrected chi connectivity index (χ3v) is 3.70. The fraction of sp³-hybridized carbons (Fsp3) is 0.538. The van der Waals surface area contributed by atoms with E-state index in [1.807, 2.05) is 0 Å². The van der Waals surface area contributed by atoms with Gasteiger partial charge in [0.2, 0.25) is 0 Å². The fourth-order valence-electron chi connectivity index (χ4n) is 2.87. The number of alkyl halides is 3. The van der Waals surface area contributed by atoms with Gasteiger partial charge in [0.15, 0.2) is 0 Å². The van der Waals surface area contributed by atoms with Crippen molar-refractivity contribution in [1.29, 1.82) is 0 Å². The number of fused-ring (bicyclic) bond motifs is 3. The second-order valence-electron chi connectivity index (χ2n) is 4.91. The van der Waals surface area contributed by atoms with Gasteiger partial charge in [0, 0.05) is 18.0 Å². The molecule has 0 bridgehead atoms. The van der Waals surface area contributed by atoms with Crippen LogP contribution in [0.2, 0.25) is 0 Å². The maximum atomic E-state index is 12.3. The molecule has 3 nitrogen and oxygen atoms in total. The van der Waals surface area contributed by atoms with Crippen LogP contribution in [-0.4, -0.2) is 26.1 Å². The summed E-state index contributed by atoms with van der Waals surface area (Å²) in [6.07, 6.45) is -3.74. The Morgan fingerprint density at radius 2 is 2.11 bits per heavy atom. The monoisotopic (exact) mass is 273 g/mol. The molecule has 2 aliphatic heterocycles. The molecule has 1 aromatic rings. The van der Waals surface area contributed by atoms with Gasteiger partial charge in [0.25, 0.3) is 0 Å². The number of nitrogens with one attached hydrogen (secondary N) is 1. The van der Waals surface area contributed by atoms with Gasteiger partial charge < -0.3 is 14.8 Å². The van der Waals surface area contributed by atoms with E-state index in [4.69, 9.17) is 4.74 Å². The number of hydrogen-bond donors (Lipinski definition) is 1. The van der Waals surface area contributed by atoms with Gasteiger partial charge in [0.05, 0.1) is 6.61 Å². The van der Waals surface area contributed by atoms with E-state index >= 15 is 0 Å². The average Bonchev–Trinajstić information content (AvgIpc) is 2.71. The van der Waals surface area contributed by atoms with Crippen LogP contribution in [-0.2, 0) is 0 Å². The second kappa shape index (κ2) is 4.59. The van der Waals surface area contributed by atoms with Gasteiger partial charge in [-0.1, -0.05) is 0 Å². The SMILES string of the molecule is FC(F)(F)Oc1ccc2c(c1)[C@@H]1CNC[C@H]1CCO2. The smallest absolute Gasteiger partial charge is 0.493 e. The first-order valence-corrected chi connectivity index (χ1v) is 6.26. The molecule has 2 atom stereocenters. The zero-order valence-corrected chi connectivity index (χ0v) is 10.2. The molecule has 0 aliphatic carbocycles. The van der Waals surface area contributed by atoms with Crippen molar-refractivity contribution < 1.29 is 22.6 Å². The summed E-state index contributed by atoms with van der Waals surface area (Å²) in [5, 5.41) is 3.28. The van der Waals surface area contributed by atoms with Crippen LogP contribution in [0.5, 0.6) is 11.5 Å². The number of rotatable bonds is 1. The molecule has 0 radical (unpaired) electrons. The molecule has 6 heteroatoms. The molecule has 0 aromatic heterocycles. The van der Waals surface area contributed by atoms with Crippen molar-refractivity contribution in [2.75, 3.05) is 19.7 Å². The molecule has 0 spiro atoms. The molecule has 1 saturated heterocycles. The summed E-state index contributed by atoms with van der Waals surface area (Å²) >= 11 is 0. The van der Waals surface area contributed by atoms with Crippen molar-refractivity contribution >= 4 is 0 Å². The van der Waals surface area contributed by atoms with E-state index in [9.17, 15) is 13.2 Å². The zero-order valence-electron chi connectivity index (χ0n) is 10.2. The fourth-order valence-corrected chi connectivity index (χ4v) is 2.87. The lowest BCUT2D eigenvalue weighted by Crippen LogP contribution is -2.17. The molecule has 0 saturated carbocycles. The molecule has 104 valence electrons. The van der Waals surface area contributed by atoms with Crippen molar-refractivity contribution in [1.82, 2.24) is 5.32 Å². The molecule has 1 fully saturated rings. The van der Waals surface area contributed by atoms with Crippen molar-refractivity contribution in [3.8, 4) is 11.5 Å². The minimum atomic E-state index is -4.66. The Morgan fingerprint density at radius 3 is 2.89 bits per heavy atom. The quantitative estimate of drug-likeness (QED) is 0.853. The summed E-state index contributed by atoms with van der Waals surface area (Å²) in [4.78, 5) is 0. The maximum Gasteiger partial charge on any atom is 0.573 e. The number of hydrogen-bond acceptors (Lipinski definition) is 3. The molecule has 2 aliphatic rings. The molecule has 3 rings (SSSR count). The molecule has 0 unspecified atom stereocenters. The van der Waals surface area contributed by atoms with Gasteiger partial charge in [-0.2, -0.15) is 0 Å². The van der Waals surface area contributed by atoms with Gasteiger partial charge in [-0.25, -0.2) is 0 Å². The van der Waals surface area contributed by atoms with Crippen LogP contribution in [0.1, 0.15) is 17.9 Å². The third kappa shape index (κ3) is 2.63. The van der Waals surface area contributed by atoms with Crippen molar-refractivity contribution in [2.45, 2.75) is 18.7 Å². The molecular weight excluding hydrogens is 259 g/mol. The van der Waals surface area contributed by atoms with Crippen molar-refractivity contribution in [3.63, 3.8) is 0 Å². The van der Waals surface area contributed by atoms with Gasteiger partial charge in [-0.05, 0) is 37.1 Å². The van der Waals surface area contributed by atoms with E-state index in [1.54, 1.807) is 6.07 Å². The van der Waals surface area contributed by atoms with Gasteiger partial charge >= 0.3 is 6.36 Å². The molecule has 1 aromatic carbocycles. The maximum absolute atomic E-state index is 12.3. The van der Waals surface area contributed by atoms with Gasteiger partial charge in [-0.15, -0.1) is 13.2 Å². The van der Waals surface area contributed by atoms with Crippen LogP contribution in [0.15, 0.2) is 18.2 Å². The van der Waals surface area contributed by atoms with Crippen LogP contribution in [0.25, 0.3) is 0 Å². The Bertz CT molecular complexity index is 475. The largest absolute Gasteiger partial charge is 0.573 e. The van der Waals surface area contributed by atoms with Crippen LogP contribution in [0, 0.1) is 5.92 Å². The lowest BCUT2D eigenvalue weighted by atomic mass is 9.87. The lowest BCUT2D eigenvalue weighted by molar-refractivity contribution is -0.274. The van der Waals surface area contributed by atoms with Gasteiger partial charge in [-0.3, -0.25) is 0 Å². The van der Waals surface area contributed by atoms with Gasteiger partial charge in [0.1, 0.15) is 11.5 Å². The minimum Gasteiger partial charge on any atom is -0.493 e. The van der Waals surface area contributed by atoms with Crippen molar-refractivity contribution in [3.05, 3.63) is 23.8 Å². The average molecular weight is 273 g/mol. The van der Waals surface area contributed by atoms with Crippen LogP contribution < -0.4 is 14.8 Å². The van der Waals surface area contributed by atoms with E-state index in [0.717, 1.165) is 25.1 Å². The summed E-state index contributed by atoms with van der Waals surface area (Å²) in [6, 6.07) is 4.32. The molecule has 19 heavy (non-hydrogen) atoms. The summed E-state index contributed by atoms with van der Waals surface area (Å²) in [7, 11) is 0. The Labute approximate surface area is 108 Å². The molecule has 0 amide bonds. The van der Waals surface area contributed by atoms with E-state index in [0.29, 0.717) is 18.3 Å². The highest BCUT2D eigenvalue weighted by Crippen LogP contribution is 2.41. The molecule has 1 N–H and O–H groups in total. The van der Waals surface area contributed by atoms with E-state index in [-0.39, 0.29) is 11.7 Å². The van der Waals surface area contributed by atoms with Crippen molar-refractivity contribution in [2.24, 2.45) is 5.92 Å². The Kier molecular flexibility index (Phi) is 3.05. The normalized spacial score (nSPS) is 26.1. The Hall–Kier alpha value is -1.43. The topological polar surface area (TPSA) is 30.5 Å². The van der Waals surface area contributed by atoms with E-state index < -0.39 is 6.36 Å². The summed E-state index contributed by atoms with van der Waals surface area (Å²) in [5.41, 5.74) is 0.814. The molecule has 2 heterocycles. The highest BCUT2D eigenvalue weighted by molar-refractivity contribution is 5.44. The minimum absolute atomic E-state index is 0.178. The van der Waals surface area contributed by atoms with Crippen LogP contribution >= 0.6 is 0 Å². The highest BCUT2D eigenvalue weighted by atomic mass is 19.4. The Balaban J connectivity index is 1.93. The number of halogens is 3.